The van der Waals surface area contributed by atoms with Crippen molar-refractivity contribution in [2.45, 2.75) is 20.4 Å². The number of rotatable bonds is 3. The molecule has 0 atom stereocenters. The highest BCUT2D eigenvalue weighted by Crippen LogP contribution is 2.19. The average Bonchev–Trinajstić information content (AvgIpc) is 2.73. The summed E-state index contributed by atoms with van der Waals surface area (Å²) in [5.74, 6) is 0. The highest BCUT2D eigenvalue weighted by molar-refractivity contribution is 7.09. The van der Waals surface area contributed by atoms with Crippen LogP contribution in [0.2, 0.25) is 0 Å². The molecule has 0 spiro atoms. The molecular weight excluding hydrogens is 230 g/mol. The van der Waals surface area contributed by atoms with Gasteiger partial charge in [0.1, 0.15) is 6.07 Å². The Morgan fingerprint density at radius 1 is 1.41 bits per heavy atom. The fraction of sp³-hybridized carbons (Fsp3) is 0.231. The lowest BCUT2D eigenvalue weighted by molar-refractivity contribution is 1.12. The molecule has 0 unspecified atom stereocenters. The number of nitrogens with zero attached hydrogens (tertiary/aromatic N) is 2. The van der Waals surface area contributed by atoms with Gasteiger partial charge in [0, 0.05) is 4.88 Å². The monoisotopic (exact) mass is 243 g/mol. The fourth-order valence-corrected chi connectivity index (χ4v) is 2.29. The lowest BCUT2D eigenvalue weighted by atomic mass is 10.1. The van der Waals surface area contributed by atoms with Gasteiger partial charge in [-0.3, -0.25) is 0 Å². The molecule has 0 aliphatic rings. The molecule has 0 aliphatic heterocycles. The lowest BCUT2D eigenvalue weighted by Gasteiger charge is -2.08. The lowest BCUT2D eigenvalue weighted by Crippen LogP contribution is -2.01. The van der Waals surface area contributed by atoms with Gasteiger partial charge in [-0.25, -0.2) is 4.98 Å². The molecule has 1 aromatic carbocycles. The van der Waals surface area contributed by atoms with Gasteiger partial charge >= 0.3 is 0 Å². The molecule has 0 amide bonds. The van der Waals surface area contributed by atoms with Crippen LogP contribution >= 0.6 is 11.3 Å². The average molecular weight is 243 g/mol. The van der Waals surface area contributed by atoms with Crippen molar-refractivity contribution in [3.05, 3.63) is 45.4 Å². The number of hydrogen-bond donors (Lipinski definition) is 1. The Morgan fingerprint density at radius 3 is 2.88 bits per heavy atom. The molecule has 0 saturated carbocycles. The maximum atomic E-state index is 9.05. The van der Waals surface area contributed by atoms with E-state index in [9.17, 15) is 0 Å². The molecule has 17 heavy (non-hydrogen) atoms. The number of nitriles is 1. The number of hydrogen-bond acceptors (Lipinski definition) is 4. The van der Waals surface area contributed by atoms with Crippen molar-refractivity contribution >= 4 is 17.0 Å². The largest absolute Gasteiger partial charge is 0.379 e. The molecular formula is C13H13N3S. The summed E-state index contributed by atoms with van der Waals surface area (Å²) < 4.78 is 0. The van der Waals surface area contributed by atoms with Gasteiger partial charge in [0.05, 0.1) is 29.0 Å². The van der Waals surface area contributed by atoms with Crippen molar-refractivity contribution in [1.29, 1.82) is 5.26 Å². The van der Waals surface area contributed by atoms with E-state index in [0.29, 0.717) is 12.1 Å². The van der Waals surface area contributed by atoms with E-state index in [1.807, 2.05) is 37.6 Å². The SMILES string of the molecule is Cc1ccc(NCc2scnc2C)c(C#N)c1. The van der Waals surface area contributed by atoms with Crippen LogP contribution in [-0.4, -0.2) is 4.98 Å². The van der Waals surface area contributed by atoms with Crippen LogP contribution < -0.4 is 5.32 Å². The summed E-state index contributed by atoms with van der Waals surface area (Å²) in [5, 5.41) is 12.3. The van der Waals surface area contributed by atoms with Gasteiger partial charge in [-0.05, 0) is 31.5 Å². The molecule has 86 valence electrons. The van der Waals surface area contributed by atoms with Crippen LogP contribution in [0.25, 0.3) is 0 Å². The topological polar surface area (TPSA) is 48.7 Å². The van der Waals surface area contributed by atoms with Crippen LogP contribution in [0.4, 0.5) is 5.69 Å². The van der Waals surface area contributed by atoms with Crippen LogP contribution in [0.1, 0.15) is 21.7 Å². The normalized spacial score (nSPS) is 9.94. The minimum Gasteiger partial charge on any atom is -0.379 e. The number of aromatic nitrogens is 1. The van der Waals surface area contributed by atoms with E-state index in [1.54, 1.807) is 11.3 Å². The van der Waals surface area contributed by atoms with E-state index in [2.05, 4.69) is 16.4 Å². The third kappa shape index (κ3) is 2.63. The second kappa shape index (κ2) is 4.98. The fourth-order valence-electron chi connectivity index (χ4n) is 1.58. The first kappa shape index (κ1) is 11.6. The molecule has 1 heterocycles. The Balaban J connectivity index is 2.15. The maximum absolute atomic E-state index is 9.05. The van der Waals surface area contributed by atoms with Gasteiger partial charge in [0.15, 0.2) is 0 Å². The molecule has 0 bridgehead atoms. The van der Waals surface area contributed by atoms with Crippen LogP contribution in [0.3, 0.4) is 0 Å². The summed E-state index contributed by atoms with van der Waals surface area (Å²) in [6, 6.07) is 8.05. The molecule has 1 aromatic heterocycles. The van der Waals surface area contributed by atoms with E-state index >= 15 is 0 Å². The summed E-state index contributed by atoms with van der Waals surface area (Å²) in [6.45, 7) is 4.69. The molecule has 0 aliphatic carbocycles. The Kier molecular flexibility index (Phi) is 3.40. The summed E-state index contributed by atoms with van der Waals surface area (Å²) in [5.41, 5.74) is 5.56. The highest BCUT2D eigenvalue weighted by Gasteiger charge is 2.04. The number of benzene rings is 1. The van der Waals surface area contributed by atoms with E-state index in [4.69, 9.17) is 5.26 Å². The van der Waals surface area contributed by atoms with Gasteiger partial charge in [0.25, 0.3) is 0 Å². The van der Waals surface area contributed by atoms with Crippen molar-refractivity contribution in [1.82, 2.24) is 4.98 Å². The van der Waals surface area contributed by atoms with E-state index in [1.165, 1.54) is 4.88 Å². The van der Waals surface area contributed by atoms with E-state index in [0.717, 1.165) is 16.9 Å². The first-order chi connectivity index (χ1) is 8.20. The van der Waals surface area contributed by atoms with Crippen molar-refractivity contribution in [2.24, 2.45) is 0 Å². The van der Waals surface area contributed by atoms with Crippen LogP contribution in [0.15, 0.2) is 23.7 Å². The quantitative estimate of drug-likeness (QED) is 0.900. The standard InChI is InChI=1S/C13H13N3S/c1-9-3-4-12(11(5-9)6-14)15-7-13-10(2)16-8-17-13/h3-5,8,15H,7H2,1-2H3. The first-order valence-corrected chi connectivity index (χ1v) is 6.22. The minimum atomic E-state index is 0.687. The van der Waals surface area contributed by atoms with Crippen molar-refractivity contribution in [3.8, 4) is 6.07 Å². The molecule has 0 saturated heterocycles. The maximum Gasteiger partial charge on any atom is 0.101 e. The smallest absolute Gasteiger partial charge is 0.101 e. The molecule has 2 rings (SSSR count). The summed E-state index contributed by atoms with van der Waals surface area (Å²) in [7, 11) is 0. The van der Waals surface area contributed by atoms with E-state index in [-0.39, 0.29) is 0 Å². The van der Waals surface area contributed by atoms with Gasteiger partial charge < -0.3 is 5.32 Å². The van der Waals surface area contributed by atoms with Crippen molar-refractivity contribution in [3.63, 3.8) is 0 Å². The van der Waals surface area contributed by atoms with Gasteiger partial charge in [0.2, 0.25) is 0 Å². The van der Waals surface area contributed by atoms with Crippen LogP contribution in [-0.2, 0) is 6.54 Å². The van der Waals surface area contributed by atoms with Crippen molar-refractivity contribution < 1.29 is 0 Å². The Hall–Kier alpha value is -1.86. The minimum absolute atomic E-state index is 0.687. The van der Waals surface area contributed by atoms with Gasteiger partial charge in [-0.15, -0.1) is 11.3 Å². The van der Waals surface area contributed by atoms with Gasteiger partial charge in [-0.2, -0.15) is 5.26 Å². The molecule has 2 aromatic rings. The number of anilines is 1. The summed E-state index contributed by atoms with van der Waals surface area (Å²) >= 11 is 1.63. The summed E-state index contributed by atoms with van der Waals surface area (Å²) in [4.78, 5) is 5.40. The predicted octanol–water partition coefficient (Wildman–Crippen LogP) is 3.24. The van der Waals surface area contributed by atoms with Crippen LogP contribution in [0, 0.1) is 25.2 Å². The zero-order valence-electron chi connectivity index (χ0n) is 9.82. The first-order valence-electron chi connectivity index (χ1n) is 5.34. The van der Waals surface area contributed by atoms with Gasteiger partial charge in [-0.1, -0.05) is 6.07 Å². The van der Waals surface area contributed by atoms with E-state index < -0.39 is 0 Å². The molecule has 3 nitrogen and oxygen atoms in total. The zero-order chi connectivity index (χ0) is 12.3. The Bertz CT molecular complexity index is 566. The summed E-state index contributed by atoms with van der Waals surface area (Å²) in [6.07, 6.45) is 0. The van der Waals surface area contributed by atoms with Crippen molar-refractivity contribution in [2.75, 3.05) is 5.32 Å². The predicted molar refractivity (Wildman–Crippen MR) is 70.1 cm³/mol. The Labute approximate surface area is 105 Å². The number of aryl methyl sites for hydroxylation is 2. The second-order valence-corrected chi connectivity index (χ2v) is 4.81. The molecule has 1 N–H and O–H groups in total. The Morgan fingerprint density at radius 2 is 2.24 bits per heavy atom. The highest BCUT2D eigenvalue weighted by atomic mass is 32.1. The third-order valence-corrected chi connectivity index (χ3v) is 3.51. The molecule has 0 radical (unpaired) electrons. The molecule has 0 fully saturated rings. The number of thiazole rings is 1. The number of nitrogens with one attached hydrogen (secondary N) is 1. The second-order valence-electron chi connectivity index (χ2n) is 3.88. The molecule has 4 heteroatoms. The third-order valence-electron chi connectivity index (χ3n) is 2.58. The van der Waals surface area contributed by atoms with Crippen LogP contribution in [0.5, 0.6) is 0 Å². The zero-order valence-corrected chi connectivity index (χ0v) is 10.6.